The Bertz CT molecular complexity index is 561. The average molecular weight is 288 g/mol. The predicted octanol–water partition coefficient (Wildman–Crippen LogP) is -0.833. The van der Waals surface area contributed by atoms with Gasteiger partial charge in [0.25, 0.3) is 11.2 Å². The van der Waals surface area contributed by atoms with Gasteiger partial charge in [-0.1, -0.05) is 0 Å². The Morgan fingerprint density at radius 1 is 0.857 bits per heavy atom. The molecule has 0 N–H and O–H groups in total. The van der Waals surface area contributed by atoms with Gasteiger partial charge in [0.1, 0.15) is 36.1 Å². The first-order chi connectivity index (χ1) is 9.91. The molecule has 2 atom stereocenters. The van der Waals surface area contributed by atoms with Crippen molar-refractivity contribution in [2.75, 3.05) is 14.2 Å². The Kier molecular flexibility index (Phi) is 4.14. The molecular weight excluding hydrogens is 280 g/mol. The van der Waals surface area contributed by atoms with Crippen molar-refractivity contribution < 1.29 is 23.8 Å². The molecule has 0 radical (unpaired) electrons. The fraction of sp³-hybridized carbons (Fsp3) is 0.500. The summed E-state index contributed by atoms with van der Waals surface area (Å²) in [5.74, 6) is -5.85. The molecule has 0 saturated carbocycles. The molecule has 9 heteroatoms. The zero-order chi connectivity index (χ0) is 16.3. The lowest BCUT2D eigenvalue weighted by atomic mass is 9.76. The van der Waals surface area contributed by atoms with E-state index in [2.05, 4.69) is 9.47 Å². The minimum atomic E-state index is -2.50. The van der Waals surface area contributed by atoms with Gasteiger partial charge in [-0.2, -0.15) is 21.0 Å². The van der Waals surface area contributed by atoms with Crippen molar-refractivity contribution in [2.45, 2.75) is 11.2 Å². The number of esters is 2. The van der Waals surface area contributed by atoms with Gasteiger partial charge in [0.15, 0.2) is 0 Å². The highest BCUT2D eigenvalue weighted by Gasteiger charge is 2.71. The second kappa shape index (κ2) is 5.46. The number of rotatable bonds is 2. The van der Waals surface area contributed by atoms with Crippen LogP contribution in [0.1, 0.15) is 0 Å². The first kappa shape index (κ1) is 15.9. The molecule has 2 unspecified atom stereocenters. The van der Waals surface area contributed by atoms with E-state index >= 15 is 0 Å². The normalized spacial score (nSPS) is 24.5. The molecule has 21 heavy (non-hydrogen) atoms. The van der Waals surface area contributed by atoms with Crippen LogP contribution in [0.15, 0.2) is 0 Å². The van der Waals surface area contributed by atoms with E-state index in [1.54, 1.807) is 0 Å². The first-order valence-corrected chi connectivity index (χ1v) is 5.42. The zero-order valence-corrected chi connectivity index (χ0v) is 11.0. The first-order valence-electron chi connectivity index (χ1n) is 5.42. The maximum Gasteiger partial charge on any atom is 0.314 e. The lowest BCUT2D eigenvalue weighted by Gasteiger charge is -2.20. The van der Waals surface area contributed by atoms with E-state index in [4.69, 9.17) is 25.8 Å². The monoisotopic (exact) mass is 288 g/mol. The summed E-state index contributed by atoms with van der Waals surface area (Å²) < 4.78 is 13.9. The van der Waals surface area contributed by atoms with Gasteiger partial charge in [0.05, 0.1) is 14.2 Å². The summed E-state index contributed by atoms with van der Waals surface area (Å²) in [6, 6.07) is 5.72. The number of methoxy groups -OCH3 is 2. The van der Waals surface area contributed by atoms with E-state index < -0.39 is 35.0 Å². The molecule has 1 heterocycles. The third-order valence-corrected chi connectivity index (χ3v) is 3.11. The van der Waals surface area contributed by atoms with Crippen molar-refractivity contribution >= 4 is 11.9 Å². The van der Waals surface area contributed by atoms with Gasteiger partial charge in [-0.3, -0.25) is 9.59 Å². The topological polar surface area (TPSA) is 157 Å². The molecule has 0 amide bonds. The molecule has 0 bridgehead atoms. The minimum Gasteiger partial charge on any atom is -0.469 e. The summed E-state index contributed by atoms with van der Waals surface area (Å²) in [5, 5.41) is 36.6. The molecule has 9 nitrogen and oxygen atoms in total. The number of carbonyl (C=O) groups excluding carboxylic acids is 2. The molecule has 1 fully saturated rings. The van der Waals surface area contributed by atoms with Crippen LogP contribution in [-0.2, 0) is 23.8 Å². The second-order valence-electron chi connectivity index (χ2n) is 4.02. The number of hydrogen-bond acceptors (Lipinski definition) is 9. The fourth-order valence-electron chi connectivity index (χ4n) is 2.13. The van der Waals surface area contributed by atoms with Gasteiger partial charge in [-0.15, -0.1) is 0 Å². The van der Waals surface area contributed by atoms with Crippen LogP contribution in [0.4, 0.5) is 0 Å². The molecule has 0 spiro atoms. The molecule has 0 aromatic carbocycles. The van der Waals surface area contributed by atoms with Crippen molar-refractivity contribution in [3.63, 3.8) is 0 Å². The number of nitriles is 4. The van der Waals surface area contributed by atoms with Crippen LogP contribution in [0, 0.1) is 57.2 Å². The fourth-order valence-corrected chi connectivity index (χ4v) is 2.13. The van der Waals surface area contributed by atoms with Gasteiger partial charge in [0.2, 0.25) is 0 Å². The van der Waals surface area contributed by atoms with Crippen molar-refractivity contribution in [1.82, 2.24) is 0 Å². The van der Waals surface area contributed by atoms with Crippen molar-refractivity contribution in [2.24, 2.45) is 11.8 Å². The van der Waals surface area contributed by atoms with E-state index in [0.29, 0.717) is 0 Å². The third-order valence-electron chi connectivity index (χ3n) is 3.11. The maximum atomic E-state index is 11.9. The molecule has 0 aliphatic carbocycles. The van der Waals surface area contributed by atoms with E-state index in [0.717, 1.165) is 14.2 Å². The van der Waals surface area contributed by atoms with Crippen LogP contribution in [-0.4, -0.2) is 37.4 Å². The van der Waals surface area contributed by atoms with Crippen molar-refractivity contribution in [3.05, 3.63) is 0 Å². The standard InChI is InChI=1S/C12H8N4O5/c1-19-9(17)7-8(10(18)20-2)12(5-15,6-16)21-11(7,3-13)4-14/h7-8H,1-2H3. The Labute approximate surface area is 119 Å². The van der Waals surface area contributed by atoms with Crippen LogP contribution in [0.25, 0.3) is 0 Å². The van der Waals surface area contributed by atoms with Crippen molar-refractivity contribution in [3.8, 4) is 24.3 Å². The van der Waals surface area contributed by atoms with E-state index in [-0.39, 0.29) is 0 Å². The molecule has 1 aliphatic heterocycles. The van der Waals surface area contributed by atoms with E-state index in [1.807, 2.05) is 0 Å². The zero-order valence-electron chi connectivity index (χ0n) is 11.0. The molecular formula is C12H8N4O5. The Morgan fingerprint density at radius 2 is 1.14 bits per heavy atom. The number of hydrogen-bond donors (Lipinski definition) is 0. The van der Waals surface area contributed by atoms with Crippen LogP contribution < -0.4 is 0 Å². The molecule has 0 aromatic rings. The van der Waals surface area contributed by atoms with Crippen LogP contribution in [0.2, 0.25) is 0 Å². The lowest BCUT2D eigenvalue weighted by Crippen LogP contribution is -2.44. The second-order valence-corrected chi connectivity index (χ2v) is 4.02. The summed E-state index contributed by atoms with van der Waals surface area (Å²) in [7, 11) is 1.93. The highest BCUT2D eigenvalue weighted by molar-refractivity contribution is 5.87. The molecule has 106 valence electrons. The SMILES string of the molecule is COC(=O)C1C(C(=O)OC)C(C#N)(C#N)OC1(C#N)C#N. The third kappa shape index (κ3) is 2.03. The van der Waals surface area contributed by atoms with Gasteiger partial charge in [0, 0.05) is 0 Å². The van der Waals surface area contributed by atoms with Gasteiger partial charge < -0.3 is 14.2 Å². The van der Waals surface area contributed by atoms with Gasteiger partial charge in [-0.25, -0.2) is 0 Å². The summed E-state index contributed by atoms with van der Waals surface area (Å²) in [6.07, 6.45) is 0. The summed E-state index contributed by atoms with van der Waals surface area (Å²) in [5.41, 5.74) is -5.01. The van der Waals surface area contributed by atoms with Gasteiger partial charge >= 0.3 is 11.9 Å². The summed E-state index contributed by atoms with van der Waals surface area (Å²) >= 11 is 0. The lowest BCUT2D eigenvalue weighted by molar-refractivity contribution is -0.157. The average Bonchev–Trinajstić information content (AvgIpc) is 2.85. The smallest absolute Gasteiger partial charge is 0.314 e. The molecule has 1 aliphatic rings. The van der Waals surface area contributed by atoms with Gasteiger partial charge in [-0.05, 0) is 0 Å². The van der Waals surface area contributed by atoms with E-state index in [1.165, 1.54) is 24.3 Å². The highest BCUT2D eigenvalue weighted by Crippen LogP contribution is 2.47. The number of carbonyl (C=O) groups is 2. The van der Waals surface area contributed by atoms with E-state index in [9.17, 15) is 9.59 Å². The number of nitrogens with zero attached hydrogens (tertiary/aromatic N) is 4. The summed E-state index contributed by atoms with van der Waals surface area (Å²) in [6.45, 7) is 0. The molecule has 1 rings (SSSR count). The molecule has 0 aromatic heterocycles. The Morgan fingerprint density at radius 3 is 1.33 bits per heavy atom. The highest BCUT2D eigenvalue weighted by atomic mass is 16.6. The van der Waals surface area contributed by atoms with Crippen molar-refractivity contribution in [1.29, 1.82) is 21.0 Å². The Balaban J connectivity index is 3.67. The summed E-state index contributed by atoms with van der Waals surface area (Å²) in [4.78, 5) is 23.7. The molecule has 1 saturated heterocycles. The van der Waals surface area contributed by atoms with Crippen LogP contribution in [0.3, 0.4) is 0 Å². The maximum absolute atomic E-state index is 11.9. The largest absolute Gasteiger partial charge is 0.469 e. The Hall–Kier alpha value is -3.14. The van der Waals surface area contributed by atoms with Crippen LogP contribution >= 0.6 is 0 Å². The quantitative estimate of drug-likeness (QED) is 0.591. The number of ether oxygens (including phenoxy) is 3. The van der Waals surface area contributed by atoms with Crippen LogP contribution in [0.5, 0.6) is 0 Å². The predicted molar refractivity (Wildman–Crippen MR) is 60.0 cm³/mol. The minimum absolute atomic E-state index is 0.967.